The molecule has 0 N–H and O–H groups in total. The van der Waals surface area contributed by atoms with E-state index in [1.807, 2.05) is 12.1 Å². The third-order valence-electron chi connectivity index (χ3n) is 4.67. The van der Waals surface area contributed by atoms with Crippen molar-refractivity contribution in [1.82, 2.24) is 0 Å². The van der Waals surface area contributed by atoms with Gasteiger partial charge >= 0.3 is 17.1 Å². The molecule has 4 aromatic carbocycles. The number of rotatable bonds is 4. The van der Waals surface area contributed by atoms with Crippen LogP contribution in [0.3, 0.4) is 0 Å². The molecule has 33 heavy (non-hydrogen) atoms. The molecule has 0 saturated heterocycles. The number of hydrogen-bond donors (Lipinski definition) is 0. The predicted molar refractivity (Wildman–Crippen MR) is 140 cm³/mol. The predicted octanol–water partition coefficient (Wildman–Crippen LogP) is 5.67. The van der Waals surface area contributed by atoms with Crippen LogP contribution in [0.2, 0.25) is 0 Å². The first-order chi connectivity index (χ1) is 15.2. The van der Waals surface area contributed by atoms with Gasteiger partial charge in [0.25, 0.3) is 0 Å². The van der Waals surface area contributed by atoms with E-state index in [0.29, 0.717) is 0 Å². The maximum atomic E-state index is 3.14. The van der Waals surface area contributed by atoms with Gasteiger partial charge in [0, 0.05) is 0 Å². The van der Waals surface area contributed by atoms with E-state index in [1.165, 1.54) is 15.9 Å². The van der Waals surface area contributed by atoms with Gasteiger partial charge < -0.3 is 59.1 Å². The van der Waals surface area contributed by atoms with Crippen LogP contribution < -0.4 is 21.2 Å². The van der Waals surface area contributed by atoms with Gasteiger partial charge in [-0.1, -0.05) is 113 Å². The molecule has 0 heterocycles. The van der Waals surface area contributed by atoms with E-state index in [9.17, 15) is 0 Å². The summed E-state index contributed by atoms with van der Waals surface area (Å²) in [5.41, 5.74) is 0. The van der Waals surface area contributed by atoms with Crippen LogP contribution in [0.1, 0.15) is 41.5 Å². The first-order valence-corrected chi connectivity index (χ1v) is 13.3. The average Bonchev–Trinajstić information content (AvgIpc) is 3.43. The molecule has 0 aliphatic heterocycles. The quantitative estimate of drug-likeness (QED) is 0.190. The van der Waals surface area contributed by atoms with Gasteiger partial charge in [-0.25, -0.2) is 7.92 Å². The monoisotopic (exact) mass is 506 g/mol. The molecule has 0 aromatic heterocycles. The zero-order chi connectivity index (χ0) is 23.2. The molecule has 4 rings (SSSR count). The first kappa shape index (κ1) is 27.8. The van der Waals surface area contributed by atoms with E-state index >= 15 is 0 Å². The molecule has 0 amide bonds. The van der Waals surface area contributed by atoms with Crippen molar-refractivity contribution in [2.24, 2.45) is 0 Å². The van der Waals surface area contributed by atoms with Gasteiger partial charge in [0.15, 0.2) is 0 Å². The fraction of sp³-hybridized carbons (Fsp3) is 0.267. The maximum Gasteiger partial charge on any atom is 2.00 e. The summed E-state index contributed by atoms with van der Waals surface area (Å²) in [4.78, 5) is 0. The molecule has 0 bridgehead atoms. The van der Waals surface area contributed by atoms with Crippen LogP contribution in [0.15, 0.2) is 60.7 Å². The Bertz CT molecular complexity index is 969. The number of hydrogen-bond acceptors (Lipinski definition) is 0. The standard InChI is InChI=1S/C17H10P.C13H18P.Fe/c1-3-9-15(10-4-1)18(17-13-7-8-14-17)16-11-5-2-6-12-16;1-12(2,3)14(13(4,5)6)11-9-7-8-10-11;/h1-6,9-12H;1-6H3;/q2*-5;+2. The van der Waals surface area contributed by atoms with Crippen molar-refractivity contribution in [2.75, 3.05) is 0 Å². The average molecular weight is 506 g/mol. The van der Waals surface area contributed by atoms with Crippen LogP contribution in [0.25, 0.3) is 0 Å². The second-order valence-corrected chi connectivity index (χ2v) is 15.3. The van der Waals surface area contributed by atoms with Crippen molar-refractivity contribution in [3.63, 3.8) is 0 Å². The SMILES string of the molecule is CC(C)(C)P([c-]1[c-][c-][c-][c-]1)C(C)(C)C.[Fe+2].[c-]1[c-][c-][c-](P(c2ccccc2)c2ccccc2)[c-]1. The summed E-state index contributed by atoms with van der Waals surface area (Å²) in [6.45, 7) is 13.7. The Morgan fingerprint density at radius 1 is 0.545 bits per heavy atom. The molecule has 174 valence electrons. The summed E-state index contributed by atoms with van der Waals surface area (Å²) in [7, 11) is -0.857. The van der Waals surface area contributed by atoms with Gasteiger partial charge in [-0.15, -0.1) is 0 Å². The summed E-state index contributed by atoms with van der Waals surface area (Å²) >= 11 is 0. The van der Waals surface area contributed by atoms with Crippen LogP contribution in [0.4, 0.5) is 0 Å². The van der Waals surface area contributed by atoms with Gasteiger partial charge in [0.2, 0.25) is 0 Å². The third-order valence-corrected chi connectivity index (χ3v) is 10.3. The third kappa shape index (κ3) is 7.77. The van der Waals surface area contributed by atoms with Crippen LogP contribution in [0.5, 0.6) is 0 Å². The van der Waals surface area contributed by atoms with Gasteiger partial charge in [-0.2, -0.15) is 0 Å². The summed E-state index contributed by atoms with van der Waals surface area (Å²) in [6.07, 6.45) is 0. The van der Waals surface area contributed by atoms with Gasteiger partial charge in [0.05, 0.1) is 0 Å². The molecule has 0 fully saturated rings. The smallest absolute Gasteiger partial charge is 0.998 e. The van der Waals surface area contributed by atoms with Crippen molar-refractivity contribution in [2.45, 2.75) is 51.9 Å². The van der Waals surface area contributed by atoms with Gasteiger partial charge in [-0.05, 0) is 10.3 Å². The zero-order valence-corrected chi connectivity index (χ0v) is 22.9. The van der Waals surface area contributed by atoms with Crippen LogP contribution in [0, 0.1) is 48.5 Å². The Labute approximate surface area is 214 Å². The maximum absolute atomic E-state index is 3.14. The second-order valence-electron chi connectivity index (χ2n) is 9.38. The summed E-state index contributed by atoms with van der Waals surface area (Å²) in [5, 5.41) is 5.42. The molecular formula is C30H28FeP2-8. The molecule has 3 heteroatoms. The topological polar surface area (TPSA) is 0 Å². The minimum Gasteiger partial charge on any atom is -0.998 e. The summed E-state index contributed by atoms with van der Waals surface area (Å²) < 4.78 is 0. The Morgan fingerprint density at radius 2 is 0.879 bits per heavy atom. The van der Waals surface area contributed by atoms with E-state index in [0.717, 1.165) is 5.30 Å². The van der Waals surface area contributed by atoms with Gasteiger partial charge in [0.1, 0.15) is 0 Å². The Morgan fingerprint density at radius 3 is 1.21 bits per heavy atom. The summed E-state index contributed by atoms with van der Waals surface area (Å²) in [5.74, 6) is 0. The minimum absolute atomic E-state index is 0. The van der Waals surface area contributed by atoms with E-state index in [-0.39, 0.29) is 35.3 Å². The van der Waals surface area contributed by atoms with E-state index in [2.05, 4.69) is 139 Å². The molecule has 0 radical (unpaired) electrons. The van der Waals surface area contributed by atoms with Gasteiger partial charge in [-0.3, -0.25) is 7.92 Å². The summed E-state index contributed by atoms with van der Waals surface area (Å²) in [6, 6.07) is 45.0. The Kier molecular flexibility index (Phi) is 10.3. The van der Waals surface area contributed by atoms with Crippen molar-refractivity contribution < 1.29 is 17.1 Å². The molecule has 0 aliphatic carbocycles. The van der Waals surface area contributed by atoms with Crippen molar-refractivity contribution in [3.8, 4) is 0 Å². The Balaban J connectivity index is 0.000000235. The fourth-order valence-corrected chi connectivity index (χ4v) is 9.67. The molecule has 0 unspecified atom stereocenters. The normalized spacial score (nSPS) is 11.6. The van der Waals surface area contributed by atoms with Crippen molar-refractivity contribution >= 4 is 37.1 Å². The van der Waals surface area contributed by atoms with Crippen LogP contribution in [-0.2, 0) is 17.1 Å². The van der Waals surface area contributed by atoms with E-state index in [4.69, 9.17) is 0 Å². The van der Waals surface area contributed by atoms with Crippen LogP contribution >= 0.6 is 15.8 Å². The molecule has 4 aromatic rings. The number of benzene rings is 2. The molecular weight excluding hydrogens is 478 g/mol. The molecule has 0 nitrogen and oxygen atoms in total. The Hall–Kier alpha value is -1.48. The molecule has 0 atom stereocenters. The zero-order valence-electron chi connectivity index (χ0n) is 20.0. The second kappa shape index (κ2) is 12.3. The molecule has 0 spiro atoms. The largest absolute Gasteiger partial charge is 2.00 e. The van der Waals surface area contributed by atoms with Crippen LogP contribution in [-0.4, -0.2) is 10.3 Å². The van der Waals surface area contributed by atoms with Crippen molar-refractivity contribution in [1.29, 1.82) is 0 Å². The fourth-order valence-electron chi connectivity index (χ4n) is 3.89. The molecule has 0 aliphatic rings. The van der Waals surface area contributed by atoms with Crippen molar-refractivity contribution in [3.05, 3.63) is 109 Å². The van der Waals surface area contributed by atoms with E-state index in [1.54, 1.807) is 0 Å². The molecule has 0 saturated carbocycles. The first-order valence-electron chi connectivity index (χ1n) is 10.7. The van der Waals surface area contributed by atoms with E-state index < -0.39 is 7.92 Å². The minimum atomic E-state index is -0.583.